The maximum Gasteiger partial charge on any atom is 0.125 e. The summed E-state index contributed by atoms with van der Waals surface area (Å²) in [7, 11) is 0. The molecule has 0 saturated carbocycles. The Labute approximate surface area is 110 Å². The fraction of sp³-hybridized carbons (Fsp3) is 0.600. The van der Waals surface area contributed by atoms with E-state index in [0.29, 0.717) is 19.6 Å². The van der Waals surface area contributed by atoms with E-state index in [0.717, 1.165) is 30.8 Å². The molecule has 1 aromatic carbocycles. The van der Waals surface area contributed by atoms with E-state index < -0.39 is 6.10 Å². The number of para-hydroxylation sites is 1. The zero-order chi connectivity index (χ0) is 13.2. The highest BCUT2D eigenvalue weighted by Crippen LogP contribution is 2.26. The van der Waals surface area contributed by atoms with E-state index in [-0.39, 0.29) is 0 Å². The molecule has 0 bridgehead atoms. The summed E-state index contributed by atoms with van der Waals surface area (Å²) >= 11 is 0. The predicted octanol–water partition coefficient (Wildman–Crippen LogP) is 3.33. The Balaban J connectivity index is 2.37. The van der Waals surface area contributed by atoms with E-state index in [4.69, 9.17) is 9.47 Å². The van der Waals surface area contributed by atoms with Gasteiger partial charge in [0.05, 0.1) is 12.7 Å². The summed E-state index contributed by atoms with van der Waals surface area (Å²) in [5.41, 5.74) is 0.855. The van der Waals surface area contributed by atoms with Gasteiger partial charge in [-0.25, -0.2) is 0 Å². The van der Waals surface area contributed by atoms with Crippen molar-refractivity contribution in [2.45, 2.75) is 39.2 Å². The van der Waals surface area contributed by atoms with Gasteiger partial charge in [0.2, 0.25) is 0 Å². The van der Waals surface area contributed by atoms with Crippen molar-refractivity contribution in [2.75, 3.05) is 19.8 Å². The summed E-state index contributed by atoms with van der Waals surface area (Å²) in [6.45, 7) is 6.00. The van der Waals surface area contributed by atoms with E-state index in [1.165, 1.54) is 0 Å². The van der Waals surface area contributed by atoms with Crippen molar-refractivity contribution in [3.05, 3.63) is 29.8 Å². The fourth-order valence-electron chi connectivity index (χ4n) is 1.67. The van der Waals surface area contributed by atoms with Gasteiger partial charge in [0.1, 0.15) is 12.4 Å². The van der Waals surface area contributed by atoms with Crippen LogP contribution in [0.5, 0.6) is 5.75 Å². The maximum atomic E-state index is 9.87. The first kappa shape index (κ1) is 15.0. The van der Waals surface area contributed by atoms with E-state index >= 15 is 0 Å². The summed E-state index contributed by atoms with van der Waals surface area (Å²) in [6.07, 6.45) is 2.47. The highest BCUT2D eigenvalue weighted by molar-refractivity contribution is 5.34. The van der Waals surface area contributed by atoms with Gasteiger partial charge in [-0.3, -0.25) is 0 Å². The topological polar surface area (TPSA) is 38.7 Å². The van der Waals surface area contributed by atoms with Gasteiger partial charge in [-0.2, -0.15) is 0 Å². The van der Waals surface area contributed by atoms with Gasteiger partial charge < -0.3 is 14.6 Å². The number of rotatable bonds is 9. The molecule has 0 heterocycles. The number of hydrogen-bond acceptors (Lipinski definition) is 3. The molecule has 1 N–H and O–H groups in total. The summed E-state index contributed by atoms with van der Waals surface area (Å²) in [6, 6.07) is 7.62. The van der Waals surface area contributed by atoms with E-state index in [1.807, 2.05) is 31.2 Å². The summed E-state index contributed by atoms with van der Waals surface area (Å²) in [5.74, 6) is 0.756. The minimum atomic E-state index is -0.456. The normalized spacial score (nSPS) is 12.4. The van der Waals surface area contributed by atoms with E-state index in [1.54, 1.807) is 0 Å². The lowest BCUT2D eigenvalue weighted by Crippen LogP contribution is -2.09. The molecular formula is C15H24O3. The Bertz CT molecular complexity index is 325. The minimum Gasteiger partial charge on any atom is -0.491 e. The molecule has 102 valence electrons. The van der Waals surface area contributed by atoms with Crippen LogP contribution < -0.4 is 4.74 Å². The van der Waals surface area contributed by atoms with Crippen LogP contribution in [-0.4, -0.2) is 24.9 Å². The van der Waals surface area contributed by atoms with Crippen LogP contribution in [0.1, 0.15) is 44.8 Å². The largest absolute Gasteiger partial charge is 0.491 e. The zero-order valence-electron chi connectivity index (χ0n) is 11.4. The molecule has 1 aromatic rings. The number of unbranched alkanes of at least 4 members (excludes halogenated alkanes) is 1. The van der Waals surface area contributed by atoms with Gasteiger partial charge in [0.15, 0.2) is 0 Å². The lowest BCUT2D eigenvalue weighted by molar-refractivity contribution is 0.0956. The van der Waals surface area contributed by atoms with Crippen molar-refractivity contribution in [2.24, 2.45) is 0 Å². The fourth-order valence-corrected chi connectivity index (χ4v) is 1.67. The minimum absolute atomic E-state index is 0.456. The molecule has 0 aliphatic heterocycles. The van der Waals surface area contributed by atoms with Gasteiger partial charge in [-0.15, -0.1) is 0 Å². The van der Waals surface area contributed by atoms with Crippen molar-refractivity contribution in [3.8, 4) is 5.75 Å². The molecule has 0 aromatic heterocycles. The Kier molecular flexibility index (Phi) is 7.46. The maximum absolute atomic E-state index is 9.87. The molecule has 0 aliphatic rings. The SMILES string of the molecule is CCCCOCCOc1ccccc1[C@H](O)CC. The van der Waals surface area contributed by atoms with E-state index in [2.05, 4.69) is 6.92 Å². The average molecular weight is 252 g/mol. The highest BCUT2D eigenvalue weighted by Gasteiger charge is 2.10. The summed E-state index contributed by atoms with van der Waals surface area (Å²) in [5, 5.41) is 9.87. The van der Waals surface area contributed by atoms with Crippen LogP contribution in [0.25, 0.3) is 0 Å². The molecule has 0 spiro atoms. The van der Waals surface area contributed by atoms with Crippen LogP contribution >= 0.6 is 0 Å². The molecule has 3 nitrogen and oxygen atoms in total. The number of aliphatic hydroxyl groups excluding tert-OH is 1. The molecule has 0 unspecified atom stereocenters. The summed E-state index contributed by atoms with van der Waals surface area (Å²) in [4.78, 5) is 0. The Morgan fingerprint density at radius 3 is 2.61 bits per heavy atom. The van der Waals surface area contributed by atoms with Crippen LogP contribution in [0.3, 0.4) is 0 Å². The standard InChI is InChI=1S/C15H24O3/c1-3-5-10-17-11-12-18-15-9-7-6-8-13(15)14(16)4-2/h6-9,14,16H,3-5,10-12H2,1-2H3/t14-/m1/s1. The molecule has 1 rings (SSSR count). The Morgan fingerprint density at radius 2 is 1.89 bits per heavy atom. The number of ether oxygens (including phenoxy) is 2. The Morgan fingerprint density at radius 1 is 1.11 bits per heavy atom. The van der Waals surface area contributed by atoms with Gasteiger partial charge in [-0.1, -0.05) is 38.5 Å². The third-order valence-corrected chi connectivity index (χ3v) is 2.79. The van der Waals surface area contributed by atoms with Gasteiger partial charge in [0, 0.05) is 12.2 Å². The number of aliphatic hydroxyl groups is 1. The second-order valence-corrected chi connectivity index (χ2v) is 4.28. The van der Waals surface area contributed by atoms with Crippen molar-refractivity contribution in [1.29, 1.82) is 0 Å². The van der Waals surface area contributed by atoms with Crippen molar-refractivity contribution in [3.63, 3.8) is 0 Å². The first-order chi connectivity index (χ1) is 8.79. The van der Waals surface area contributed by atoms with Crippen LogP contribution in [0.15, 0.2) is 24.3 Å². The van der Waals surface area contributed by atoms with Gasteiger partial charge >= 0.3 is 0 Å². The van der Waals surface area contributed by atoms with E-state index in [9.17, 15) is 5.11 Å². The number of hydrogen-bond donors (Lipinski definition) is 1. The van der Waals surface area contributed by atoms with Crippen LogP contribution in [0, 0.1) is 0 Å². The molecule has 0 aliphatic carbocycles. The van der Waals surface area contributed by atoms with Crippen LogP contribution in [0.4, 0.5) is 0 Å². The molecule has 0 fully saturated rings. The van der Waals surface area contributed by atoms with Crippen molar-refractivity contribution in [1.82, 2.24) is 0 Å². The molecule has 0 amide bonds. The third-order valence-electron chi connectivity index (χ3n) is 2.79. The lowest BCUT2D eigenvalue weighted by Gasteiger charge is -2.14. The summed E-state index contributed by atoms with van der Waals surface area (Å²) < 4.78 is 11.1. The predicted molar refractivity (Wildman–Crippen MR) is 72.9 cm³/mol. The first-order valence-electron chi connectivity index (χ1n) is 6.77. The quantitative estimate of drug-likeness (QED) is 0.685. The third kappa shape index (κ3) is 5.07. The second-order valence-electron chi connectivity index (χ2n) is 4.28. The first-order valence-corrected chi connectivity index (χ1v) is 6.77. The zero-order valence-corrected chi connectivity index (χ0v) is 11.4. The van der Waals surface area contributed by atoms with Crippen LogP contribution in [0.2, 0.25) is 0 Å². The van der Waals surface area contributed by atoms with Gasteiger partial charge in [-0.05, 0) is 18.9 Å². The van der Waals surface area contributed by atoms with Crippen molar-refractivity contribution < 1.29 is 14.6 Å². The molecule has 1 atom stereocenters. The highest BCUT2D eigenvalue weighted by atomic mass is 16.5. The average Bonchev–Trinajstić information content (AvgIpc) is 2.42. The molecule has 3 heteroatoms. The second kappa shape index (κ2) is 8.95. The molecule has 0 saturated heterocycles. The molecule has 18 heavy (non-hydrogen) atoms. The van der Waals surface area contributed by atoms with Crippen LogP contribution in [-0.2, 0) is 4.74 Å². The lowest BCUT2D eigenvalue weighted by atomic mass is 10.1. The number of benzene rings is 1. The molecule has 0 radical (unpaired) electrons. The molecular weight excluding hydrogens is 228 g/mol. The van der Waals surface area contributed by atoms with Gasteiger partial charge in [0.25, 0.3) is 0 Å². The van der Waals surface area contributed by atoms with Crippen molar-refractivity contribution >= 4 is 0 Å². The smallest absolute Gasteiger partial charge is 0.125 e. The monoisotopic (exact) mass is 252 g/mol. The Hall–Kier alpha value is -1.06.